The van der Waals surface area contributed by atoms with Gasteiger partial charge in [-0.2, -0.15) is 0 Å². The Balaban J connectivity index is 2.30. The molecule has 2 aromatic carbocycles. The molecule has 0 atom stereocenters. The summed E-state index contributed by atoms with van der Waals surface area (Å²) in [6.07, 6.45) is 0.784. The van der Waals surface area contributed by atoms with Crippen LogP contribution in [0, 0.1) is 6.92 Å². The fourth-order valence-electron chi connectivity index (χ4n) is 1.98. The van der Waals surface area contributed by atoms with Gasteiger partial charge in [-0.3, -0.25) is 0 Å². The average molecular weight is 242 g/mol. The molecule has 0 amide bonds. The van der Waals surface area contributed by atoms with Crippen molar-refractivity contribution in [3.05, 3.63) is 53.1 Å². The van der Waals surface area contributed by atoms with Crippen molar-refractivity contribution in [2.75, 3.05) is 18.6 Å². The molecule has 0 aromatic heterocycles. The third-order valence-corrected chi connectivity index (χ3v) is 3.22. The lowest BCUT2D eigenvalue weighted by Crippen LogP contribution is -2.02. The summed E-state index contributed by atoms with van der Waals surface area (Å²) < 4.78 is 5.14. The zero-order valence-electron chi connectivity index (χ0n) is 10.7. The maximum absolute atomic E-state index is 6.01. The summed E-state index contributed by atoms with van der Waals surface area (Å²) in [6.45, 7) is 2.00. The summed E-state index contributed by atoms with van der Waals surface area (Å²) >= 11 is 0. The van der Waals surface area contributed by atoms with E-state index in [9.17, 15) is 0 Å². The number of hydrogen-bond donors (Lipinski definition) is 2. The second kappa shape index (κ2) is 5.00. The van der Waals surface area contributed by atoms with Crippen LogP contribution in [0.4, 0.5) is 11.4 Å². The van der Waals surface area contributed by atoms with Gasteiger partial charge in [-0.05, 0) is 54.3 Å². The minimum absolute atomic E-state index is 0.784. The summed E-state index contributed by atoms with van der Waals surface area (Å²) in [7, 11) is 1.66. The Bertz CT molecular complexity index is 547. The molecule has 0 aliphatic carbocycles. The van der Waals surface area contributed by atoms with Gasteiger partial charge in [-0.15, -0.1) is 0 Å². The number of hydrogen-bond acceptors (Lipinski definition) is 3. The van der Waals surface area contributed by atoms with Crippen molar-refractivity contribution >= 4 is 11.4 Å². The molecule has 2 rings (SSSR count). The van der Waals surface area contributed by atoms with E-state index in [-0.39, 0.29) is 0 Å². The number of benzene rings is 2. The lowest BCUT2D eigenvalue weighted by Gasteiger charge is -2.12. The minimum Gasteiger partial charge on any atom is -0.497 e. The molecule has 0 fully saturated rings. The van der Waals surface area contributed by atoms with Gasteiger partial charge in [0.15, 0.2) is 0 Å². The van der Waals surface area contributed by atoms with Crippen LogP contribution in [-0.2, 0) is 6.42 Å². The van der Waals surface area contributed by atoms with Gasteiger partial charge in [-0.25, -0.2) is 0 Å². The number of rotatable bonds is 3. The first-order valence-corrected chi connectivity index (χ1v) is 5.88. The van der Waals surface area contributed by atoms with Crippen molar-refractivity contribution < 1.29 is 4.74 Å². The Morgan fingerprint density at radius 2 is 1.56 bits per heavy atom. The quantitative estimate of drug-likeness (QED) is 0.813. The minimum atomic E-state index is 0.784. The van der Waals surface area contributed by atoms with Crippen molar-refractivity contribution in [2.45, 2.75) is 13.3 Å². The molecule has 0 unspecified atom stereocenters. The van der Waals surface area contributed by atoms with E-state index in [4.69, 9.17) is 16.2 Å². The number of nitrogens with two attached hydrogens (primary N) is 2. The molecule has 0 spiro atoms. The normalized spacial score (nSPS) is 10.3. The van der Waals surface area contributed by atoms with Crippen molar-refractivity contribution in [3.63, 3.8) is 0 Å². The largest absolute Gasteiger partial charge is 0.497 e. The lowest BCUT2D eigenvalue weighted by atomic mass is 9.97. The van der Waals surface area contributed by atoms with Gasteiger partial charge >= 0.3 is 0 Å². The average Bonchev–Trinajstić information content (AvgIpc) is 2.40. The van der Waals surface area contributed by atoms with Gasteiger partial charge in [0.1, 0.15) is 5.75 Å². The second-order valence-electron chi connectivity index (χ2n) is 4.37. The highest BCUT2D eigenvalue weighted by atomic mass is 16.5. The summed E-state index contributed by atoms with van der Waals surface area (Å²) in [5, 5.41) is 0. The fraction of sp³-hybridized carbons (Fsp3) is 0.200. The van der Waals surface area contributed by atoms with Crippen LogP contribution in [0.25, 0.3) is 0 Å². The number of nitrogen functional groups attached to an aromatic ring is 2. The van der Waals surface area contributed by atoms with Crippen LogP contribution in [0.2, 0.25) is 0 Å². The maximum atomic E-state index is 6.01. The van der Waals surface area contributed by atoms with E-state index in [0.717, 1.165) is 34.7 Å². The first kappa shape index (κ1) is 12.3. The zero-order chi connectivity index (χ0) is 13.1. The van der Waals surface area contributed by atoms with Crippen LogP contribution in [-0.4, -0.2) is 7.11 Å². The molecule has 0 radical (unpaired) electrons. The molecule has 94 valence electrons. The fourth-order valence-corrected chi connectivity index (χ4v) is 1.98. The molecular formula is C15H18N2O. The molecule has 2 aromatic rings. The van der Waals surface area contributed by atoms with Gasteiger partial charge in [0, 0.05) is 11.4 Å². The number of methoxy groups -OCH3 is 1. The van der Waals surface area contributed by atoms with Gasteiger partial charge in [-0.1, -0.05) is 12.1 Å². The highest BCUT2D eigenvalue weighted by molar-refractivity contribution is 5.62. The van der Waals surface area contributed by atoms with Crippen molar-refractivity contribution in [1.29, 1.82) is 0 Å². The molecule has 4 N–H and O–H groups in total. The first-order valence-electron chi connectivity index (χ1n) is 5.88. The second-order valence-corrected chi connectivity index (χ2v) is 4.37. The third-order valence-electron chi connectivity index (χ3n) is 3.22. The lowest BCUT2D eigenvalue weighted by molar-refractivity contribution is 0.414. The number of ether oxygens (including phenoxy) is 1. The Labute approximate surface area is 107 Å². The van der Waals surface area contributed by atoms with Crippen LogP contribution in [0.3, 0.4) is 0 Å². The highest BCUT2D eigenvalue weighted by Crippen LogP contribution is 2.25. The van der Waals surface area contributed by atoms with Gasteiger partial charge in [0.2, 0.25) is 0 Å². The Hall–Kier alpha value is -2.16. The van der Waals surface area contributed by atoms with E-state index in [2.05, 4.69) is 0 Å². The van der Waals surface area contributed by atoms with Crippen molar-refractivity contribution in [3.8, 4) is 5.75 Å². The topological polar surface area (TPSA) is 61.3 Å². The molecule has 0 aliphatic heterocycles. The standard InChI is InChI=1S/C15H18N2O/c1-10-13(15(17)8-7-14(10)16)9-11-3-5-12(18-2)6-4-11/h3-8H,9,16-17H2,1-2H3. The Kier molecular flexibility index (Phi) is 3.42. The molecule has 0 bridgehead atoms. The van der Waals surface area contributed by atoms with E-state index < -0.39 is 0 Å². The van der Waals surface area contributed by atoms with E-state index in [1.165, 1.54) is 5.56 Å². The predicted octanol–water partition coefficient (Wildman–Crippen LogP) is 2.76. The molecule has 0 saturated carbocycles. The number of anilines is 2. The Morgan fingerprint density at radius 1 is 0.944 bits per heavy atom. The molecule has 18 heavy (non-hydrogen) atoms. The molecule has 0 heterocycles. The summed E-state index contributed by atoms with van der Waals surface area (Å²) in [5.74, 6) is 0.857. The molecule has 3 heteroatoms. The van der Waals surface area contributed by atoms with Crippen LogP contribution in [0.1, 0.15) is 16.7 Å². The smallest absolute Gasteiger partial charge is 0.118 e. The van der Waals surface area contributed by atoms with Gasteiger partial charge in [0.25, 0.3) is 0 Å². The van der Waals surface area contributed by atoms with E-state index >= 15 is 0 Å². The Morgan fingerprint density at radius 3 is 2.17 bits per heavy atom. The van der Waals surface area contributed by atoms with Crippen LogP contribution < -0.4 is 16.2 Å². The molecule has 3 nitrogen and oxygen atoms in total. The van der Waals surface area contributed by atoms with E-state index in [0.29, 0.717) is 0 Å². The van der Waals surface area contributed by atoms with Crippen LogP contribution in [0.5, 0.6) is 5.75 Å². The van der Waals surface area contributed by atoms with Crippen molar-refractivity contribution in [1.82, 2.24) is 0 Å². The zero-order valence-corrected chi connectivity index (χ0v) is 10.7. The van der Waals surface area contributed by atoms with Crippen LogP contribution >= 0.6 is 0 Å². The predicted molar refractivity (Wildman–Crippen MR) is 75.8 cm³/mol. The maximum Gasteiger partial charge on any atom is 0.118 e. The summed E-state index contributed by atoms with van der Waals surface area (Å²) in [6, 6.07) is 11.7. The summed E-state index contributed by atoms with van der Waals surface area (Å²) in [4.78, 5) is 0. The summed E-state index contributed by atoms with van der Waals surface area (Å²) in [5.41, 5.74) is 16.9. The highest BCUT2D eigenvalue weighted by Gasteiger charge is 2.07. The van der Waals surface area contributed by atoms with Crippen molar-refractivity contribution in [2.24, 2.45) is 0 Å². The molecule has 0 aliphatic rings. The third kappa shape index (κ3) is 2.40. The van der Waals surface area contributed by atoms with Gasteiger partial charge < -0.3 is 16.2 Å². The molecular weight excluding hydrogens is 224 g/mol. The molecule has 0 saturated heterocycles. The first-order chi connectivity index (χ1) is 8.61. The van der Waals surface area contributed by atoms with Gasteiger partial charge in [0.05, 0.1) is 7.11 Å². The van der Waals surface area contributed by atoms with Crippen LogP contribution in [0.15, 0.2) is 36.4 Å². The SMILES string of the molecule is COc1ccc(Cc2c(N)ccc(N)c2C)cc1. The monoisotopic (exact) mass is 242 g/mol. The van der Waals surface area contributed by atoms with E-state index in [1.807, 2.05) is 43.3 Å². The van der Waals surface area contributed by atoms with E-state index in [1.54, 1.807) is 7.11 Å².